The van der Waals surface area contributed by atoms with Crippen molar-refractivity contribution in [3.63, 3.8) is 0 Å². The molecule has 0 aliphatic carbocycles. The third-order valence-electron chi connectivity index (χ3n) is 2.14. The molecule has 0 aliphatic rings. The molecule has 0 amide bonds. The highest BCUT2D eigenvalue weighted by Gasteiger charge is 2.09. The van der Waals surface area contributed by atoms with E-state index in [-0.39, 0.29) is 4.90 Å². The van der Waals surface area contributed by atoms with Crippen molar-refractivity contribution in [2.24, 2.45) is 5.92 Å². The summed E-state index contributed by atoms with van der Waals surface area (Å²) in [6.07, 6.45) is 1.66. The Morgan fingerprint density at radius 2 is 1.81 bits per heavy atom. The van der Waals surface area contributed by atoms with E-state index in [1.807, 2.05) is 0 Å². The van der Waals surface area contributed by atoms with Gasteiger partial charge in [0.25, 0.3) is 0 Å². The van der Waals surface area contributed by atoms with Crippen LogP contribution in [-0.4, -0.2) is 12.8 Å². The smallest absolute Gasteiger partial charge is 0.140 e. The number of benzene rings is 1. The summed E-state index contributed by atoms with van der Waals surface area (Å²) < 4.78 is 26.8. The quantitative estimate of drug-likeness (QED) is 0.798. The first-order valence-corrected chi connectivity index (χ1v) is 6.49. The van der Waals surface area contributed by atoms with Crippen molar-refractivity contribution in [2.75, 3.05) is 12.8 Å². The molecule has 0 aromatic heterocycles. The molecule has 0 fully saturated rings. The number of hydrogen-bond acceptors (Lipinski definition) is 2. The summed E-state index contributed by atoms with van der Waals surface area (Å²) in [5.41, 5.74) is 0.647. The van der Waals surface area contributed by atoms with Gasteiger partial charge in [-0.15, -0.1) is 11.8 Å². The van der Waals surface area contributed by atoms with Crippen molar-refractivity contribution >= 4 is 11.8 Å². The van der Waals surface area contributed by atoms with Crippen molar-refractivity contribution in [2.45, 2.75) is 25.3 Å². The van der Waals surface area contributed by atoms with Crippen LogP contribution in [0.3, 0.4) is 0 Å². The van der Waals surface area contributed by atoms with Crippen molar-refractivity contribution in [1.29, 1.82) is 0 Å². The predicted octanol–water partition coefficient (Wildman–Crippen LogP) is 3.43. The number of rotatable bonds is 5. The lowest BCUT2D eigenvalue weighted by Gasteiger charge is -2.09. The Labute approximate surface area is 99.6 Å². The van der Waals surface area contributed by atoms with Crippen molar-refractivity contribution in [3.05, 3.63) is 29.3 Å². The zero-order valence-electron chi connectivity index (χ0n) is 9.81. The summed E-state index contributed by atoms with van der Waals surface area (Å²) in [6.45, 7) is 5.52. The molecular weight excluding hydrogens is 228 g/mol. The van der Waals surface area contributed by atoms with Gasteiger partial charge in [-0.25, -0.2) is 8.78 Å². The van der Waals surface area contributed by atoms with E-state index < -0.39 is 11.6 Å². The fourth-order valence-corrected chi connectivity index (χ4v) is 1.92. The molecule has 0 aliphatic heterocycles. The number of halogens is 2. The van der Waals surface area contributed by atoms with Crippen LogP contribution in [0.5, 0.6) is 0 Å². The molecule has 4 heteroatoms. The van der Waals surface area contributed by atoms with Crippen LogP contribution in [0.1, 0.15) is 19.4 Å². The van der Waals surface area contributed by atoms with Gasteiger partial charge in [0, 0.05) is 6.54 Å². The standard InChI is InChI=1S/C12H17F2NS/c1-8(2)6-15-7-9-4-10(13)12(16-3)11(14)5-9/h4-5,8,15H,6-7H2,1-3H3. The molecule has 1 aromatic carbocycles. The van der Waals surface area contributed by atoms with E-state index in [0.717, 1.165) is 18.3 Å². The normalized spacial score (nSPS) is 11.1. The zero-order valence-corrected chi connectivity index (χ0v) is 10.6. The Bertz CT molecular complexity index is 330. The maximum atomic E-state index is 13.4. The average Bonchev–Trinajstić information content (AvgIpc) is 2.16. The van der Waals surface area contributed by atoms with Crippen LogP contribution in [0.25, 0.3) is 0 Å². The van der Waals surface area contributed by atoms with Gasteiger partial charge in [0.05, 0.1) is 4.90 Å². The summed E-state index contributed by atoms with van der Waals surface area (Å²) >= 11 is 1.09. The number of hydrogen-bond donors (Lipinski definition) is 1. The molecule has 0 radical (unpaired) electrons. The third-order valence-corrected chi connectivity index (χ3v) is 2.94. The summed E-state index contributed by atoms with van der Waals surface area (Å²) in [5, 5.41) is 3.15. The average molecular weight is 245 g/mol. The highest BCUT2D eigenvalue weighted by atomic mass is 32.2. The fourth-order valence-electron chi connectivity index (χ4n) is 1.41. The maximum Gasteiger partial charge on any atom is 0.140 e. The lowest BCUT2D eigenvalue weighted by molar-refractivity contribution is 0.525. The SMILES string of the molecule is CSc1c(F)cc(CNCC(C)C)cc1F. The largest absolute Gasteiger partial charge is 0.312 e. The van der Waals surface area contributed by atoms with E-state index in [1.165, 1.54) is 12.1 Å². The molecular formula is C12H17F2NS. The summed E-state index contributed by atoms with van der Waals surface area (Å²) in [6, 6.07) is 2.78. The van der Waals surface area contributed by atoms with E-state index in [2.05, 4.69) is 19.2 Å². The highest BCUT2D eigenvalue weighted by Crippen LogP contribution is 2.24. The molecule has 0 unspecified atom stereocenters. The Morgan fingerprint density at radius 3 is 2.25 bits per heavy atom. The minimum Gasteiger partial charge on any atom is -0.312 e. The van der Waals surface area contributed by atoms with Crippen LogP contribution in [0.15, 0.2) is 17.0 Å². The summed E-state index contributed by atoms with van der Waals surface area (Å²) in [4.78, 5) is 0.0904. The van der Waals surface area contributed by atoms with Gasteiger partial charge < -0.3 is 5.32 Å². The lowest BCUT2D eigenvalue weighted by Crippen LogP contribution is -2.19. The van der Waals surface area contributed by atoms with Crippen LogP contribution >= 0.6 is 11.8 Å². The van der Waals surface area contributed by atoms with Gasteiger partial charge in [0.2, 0.25) is 0 Å². The van der Waals surface area contributed by atoms with Crippen LogP contribution in [-0.2, 0) is 6.54 Å². The van der Waals surface area contributed by atoms with Crippen LogP contribution in [0.4, 0.5) is 8.78 Å². The molecule has 0 saturated heterocycles. The molecule has 0 bridgehead atoms. The van der Waals surface area contributed by atoms with Gasteiger partial charge in [0.1, 0.15) is 11.6 Å². The highest BCUT2D eigenvalue weighted by molar-refractivity contribution is 7.98. The maximum absolute atomic E-state index is 13.4. The van der Waals surface area contributed by atoms with E-state index in [0.29, 0.717) is 18.0 Å². The minimum absolute atomic E-state index is 0.0904. The lowest BCUT2D eigenvalue weighted by atomic mass is 10.2. The molecule has 0 saturated carbocycles. The molecule has 0 atom stereocenters. The first kappa shape index (κ1) is 13.5. The second-order valence-corrected chi connectivity index (χ2v) is 4.93. The molecule has 1 aromatic rings. The molecule has 1 N–H and O–H groups in total. The second-order valence-electron chi connectivity index (χ2n) is 4.12. The Hall–Kier alpha value is -0.610. The zero-order chi connectivity index (χ0) is 12.1. The molecule has 1 nitrogen and oxygen atoms in total. The van der Waals surface area contributed by atoms with Crippen molar-refractivity contribution < 1.29 is 8.78 Å². The molecule has 90 valence electrons. The molecule has 16 heavy (non-hydrogen) atoms. The van der Waals surface area contributed by atoms with Crippen molar-refractivity contribution in [1.82, 2.24) is 5.32 Å². The van der Waals surface area contributed by atoms with Gasteiger partial charge in [-0.2, -0.15) is 0 Å². The van der Waals surface area contributed by atoms with Gasteiger partial charge in [0.15, 0.2) is 0 Å². The first-order chi connectivity index (χ1) is 7.54. The monoisotopic (exact) mass is 245 g/mol. The third kappa shape index (κ3) is 3.76. The number of nitrogens with one attached hydrogen (secondary N) is 1. The second kappa shape index (κ2) is 6.21. The van der Waals surface area contributed by atoms with Crippen LogP contribution in [0, 0.1) is 17.6 Å². The van der Waals surface area contributed by atoms with E-state index in [9.17, 15) is 8.78 Å². The van der Waals surface area contributed by atoms with Crippen LogP contribution in [0.2, 0.25) is 0 Å². The van der Waals surface area contributed by atoms with E-state index in [1.54, 1.807) is 6.26 Å². The van der Waals surface area contributed by atoms with Gasteiger partial charge in [-0.3, -0.25) is 0 Å². The summed E-state index contributed by atoms with van der Waals surface area (Å²) in [5.74, 6) is -0.428. The molecule has 0 spiro atoms. The Kier molecular flexibility index (Phi) is 5.22. The topological polar surface area (TPSA) is 12.0 Å². The first-order valence-electron chi connectivity index (χ1n) is 5.27. The summed E-state index contributed by atoms with van der Waals surface area (Å²) in [7, 11) is 0. The van der Waals surface area contributed by atoms with E-state index >= 15 is 0 Å². The number of thioether (sulfide) groups is 1. The van der Waals surface area contributed by atoms with Gasteiger partial charge in [-0.05, 0) is 36.4 Å². The van der Waals surface area contributed by atoms with Gasteiger partial charge >= 0.3 is 0 Å². The van der Waals surface area contributed by atoms with Gasteiger partial charge in [-0.1, -0.05) is 13.8 Å². The van der Waals surface area contributed by atoms with Crippen molar-refractivity contribution in [3.8, 4) is 0 Å². The Balaban J connectivity index is 2.68. The predicted molar refractivity (Wildman–Crippen MR) is 64.7 cm³/mol. The molecule has 1 rings (SSSR count). The Morgan fingerprint density at radius 1 is 1.25 bits per heavy atom. The minimum atomic E-state index is -0.478. The van der Waals surface area contributed by atoms with E-state index in [4.69, 9.17) is 0 Å². The fraction of sp³-hybridized carbons (Fsp3) is 0.500. The molecule has 0 heterocycles. The van der Waals surface area contributed by atoms with Crippen LogP contribution < -0.4 is 5.32 Å².